The summed E-state index contributed by atoms with van der Waals surface area (Å²) >= 11 is 1.44. The third-order valence-corrected chi connectivity index (χ3v) is 8.00. The van der Waals surface area contributed by atoms with Crippen LogP contribution >= 0.6 is 11.3 Å². The van der Waals surface area contributed by atoms with Gasteiger partial charge in [-0.05, 0) is 44.2 Å². The second-order valence-corrected chi connectivity index (χ2v) is 10.1. The van der Waals surface area contributed by atoms with E-state index in [9.17, 15) is 17.6 Å². The molecule has 1 aromatic heterocycles. The monoisotopic (exact) mass is 424 g/mol. The van der Waals surface area contributed by atoms with E-state index in [0.29, 0.717) is 18.0 Å². The molecule has 1 fully saturated rings. The van der Waals surface area contributed by atoms with Crippen molar-refractivity contribution in [2.24, 2.45) is 0 Å². The number of carbonyl (C=O) groups excluding carboxylic acids is 1. The summed E-state index contributed by atoms with van der Waals surface area (Å²) in [4.78, 5) is 20.6. The number of sulfonamides is 1. The van der Waals surface area contributed by atoms with Gasteiger partial charge in [-0.25, -0.2) is 17.8 Å². The number of nitrogens with zero attached hydrogens (tertiary/aromatic N) is 3. The lowest BCUT2D eigenvalue weighted by Gasteiger charge is -2.23. The Bertz CT molecular complexity index is 991. The van der Waals surface area contributed by atoms with Crippen LogP contribution in [0.1, 0.15) is 23.4 Å². The Morgan fingerprint density at radius 2 is 2.04 bits per heavy atom. The highest BCUT2D eigenvalue weighted by Gasteiger charge is 2.39. The molecule has 1 unspecified atom stereocenters. The van der Waals surface area contributed by atoms with Gasteiger partial charge in [0.1, 0.15) is 11.9 Å². The molecule has 2 aromatic rings. The minimum Gasteiger partial charge on any atom is -0.301 e. The number of aromatic nitrogens is 1. The van der Waals surface area contributed by atoms with Gasteiger partial charge in [-0.3, -0.25) is 4.79 Å². The molecule has 0 saturated carbocycles. The molecule has 10 heteroatoms. The normalized spacial score (nSPS) is 20.9. The Labute approximate surface area is 167 Å². The first-order valence-corrected chi connectivity index (χ1v) is 11.4. The highest BCUT2D eigenvalue weighted by molar-refractivity contribution is 7.89. The molecule has 1 saturated heterocycles. The highest BCUT2D eigenvalue weighted by atomic mass is 32.2. The summed E-state index contributed by atoms with van der Waals surface area (Å²) in [6.07, 6.45) is 1.88. The molecule has 0 bridgehead atoms. The fourth-order valence-electron chi connectivity index (χ4n) is 3.60. The minimum atomic E-state index is -3.87. The molecule has 1 atom stereocenters. The maximum atomic E-state index is 13.1. The number of rotatable bonds is 4. The van der Waals surface area contributed by atoms with E-state index in [1.54, 1.807) is 0 Å². The number of nitrogens with one attached hydrogen (secondary N) is 1. The number of amides is 1. The second-order valence-electron chi connectivity index (χ2n) is 7.09. The minimum absolute atomic E-state index is 0.0126. The van der Waals surface area contributed by atoms with Crippen molar-refractivity contribution < 1.29 is 17.6 Å². The van der Waals surface area contributed by atoms with E-state index < -0.39 is 21.9 Å². The number of carbonyl (C=O) groups is 1. The van der Waals surface area contributed by atoms with Crippen LogP contribution < -0.4 is 5.32 Å². The van der Waals surface area contributed by atoms with Crippen molar-refractivity contribution in [3.63, 3.8) is 0 Å². The Morgan fingerprint density at radius 3 is 2.79 bits per heavy atom. The molecule has 2 aliphatic rings. The van der Waals surface area contributed by atoms with Crippen LogP contribution in [0.25, 0.3) is 0 Å². The van der Waals surface area contributed by atoms with E-state index in [1.807, 2.05) is 7.05 Å². The van der Waals surface area contributed by atoms with Crippen LogP contribution in [0.4, 0.5) is 9.52 Å². The largest absolute Gasteiger partial charge is 0.301 e. The van der Waals surface area contributed by atoms with Crippen LogP contribution in [-0.2, 0) is 27.8 Å². The zero-order chi connectivity index (χ0) is 19.9. The van der Waals surface area contributed by atoms with Crippen molar-refractivity contribution in [1.82, 2.24) is 14.2 Å². The zero-order valence-electron chi connectivity index (χ0n) is 15.4. The highest BCUT2D eigenvalue weighted by Crippen LogP contribution is 2.30. The number of benzene rings is 1. The molecule has 150 valence electrons. The lowest BCUT2D eigenvalue weighted by molar-refractivity contribution is -0.119. The Kier molecular flexibility index (Phi) is 5.21. The third-order valence-electron chi connectivity index (χ3n) is 5.08. The number of fused-ring (bicyclic) bond motifs is 1. The molecule has 0 aliphatic carbocycles. The number of hydrogen-bond acceptors (Lipinski definition) is 6. The maximum Gasteiger partial charge on any atom is 0.244 e. The molecular weight excluding hydrogens is 403 g/mol. The fraction of sp³-hybridized carbons (Fsp3) is 0.444. The van der Waals surface area contributed by atoms with E-state index in [1.165, 1.54) is 27.8 Å². The van der Waals surface area contributed by atoms with Crippen molar-refractivity contribution in [3.8, 4) is 0 Å². The van der Waals surface area contributed by atoms with Gasteiger partial charge in [-0.2, -0.15) is 4.31 Å². The van der Waals surface area contributed by atoms with Gasteiger partial charge in [0.05, 0.1) is 10.6 Å². The molecule has 28 heavy (non-hydrogen) atoms. The molecule has 0 radical (unpaired) electrons. The molecular formula is C18H21FN4O3S2. The van der Waals surface area contributed by atoms with Crippen molar-refractivity contribution in [1.29, 1.82) is 0 Å². The molecule has 7 nitrogen and oxygen atoms in total. The molecule has 1 N–H and O–H groups in total. The predicted molar refractivity (Wildman–Crippen MR) is 104 cm³/mol. The summed E-state index contributed by atoms with van der Waals surface area (Å²) in [5.41, 5.74) is 1.00. The van der Waals surface area contributed by atoms with Crippen LogP contribution in [0.3, 0.4) is 0 Å². The third kappa shape index (κ3) is 3.69. The van der Waals surface area contributed by atoms with Crippen LogP contribution in [0.5, 0.6) is 0 Å². The number of halogens is 1. The predicted octanol–water partition coefficient (Wildman–Crippen LogP) is 2.06. The first-order valence-electron chi connectivity index (χ1n) is 9.10. The summed E-state index contributed by atoms with van der Waals surface area (Å²) in [5.74, 6) is -0.879. The average molecular weight is 425 g/mol. The van der Waals surface area contributed by atoms with Gasteiger partial charge in [-0.1, -0.05) is 0 Å². The lowest BCUT2D eigenvalue weighted by atomic mass is 10.2. The number of likely N-dealkylation sites (N-methyl/N-ethyl adjacent to an activating group) is 1. The van der Waals surface area contributed by atoms with E-state index in [-0.39, 0.29) is 17.3 Å². The zero-order valence-corrected chi connectivity index (χ0v) is 17.0. The number of thiazole rings is 1. The standard InChI is InChI=1S/C18H21FN4O3S2/c1-22-10-8-14-16(11-22)27-18(20-14)21-17(24)15-3-2-9-23(15)28(25,26)13-6-4-12(19)5-7-13/h4-7,15H,2-3,8-11H2,1H3,(H,20,21,24). The summed E-state index contributed by atoms with van der Waals surface area (Å²) in [6, 6.07) is 3.87. The van der Waals surface area contributed by atoms with Crippen LogP contribution in [0.15, 0.2) is 29.2 Å². The molecule has 1 amide bonds. The SMILES string of the molecule is CN1CCc2nc(NC(=O)C3CCCN3S(=O)(=O)c3ccc(F)cc3)sc2C1. The van der Waals surface area contributed by atoms with E-state index in [2.05, 4.69) is 15.2 Å². The summed E-state index contributed by atoms with van der Waals surface area (Å²) < 4.78 is 40.2. The van der Waals surface area contributed by atoms with Gasteiger partial charge < -0.3 is 10.2 Å². The summed E-state index contributed by atoms with van der Waals surface area (Å²) in [5, 5.41) is 3.31. The van der Waals surface area contributed by atoms with E-state index >= 15 is 0 Å². The van der Waals surface area contributed by atoms with Crippen molar-refractivity contribution in [3.05, 3.63) is 40.7 Å². The average Bonchev–Trinajstić information content (AvgIpc) is 3.28. The lowest BCUT2D eigenvalue weighted by Crippen LogP contribution is -2.43. The molecule has 4 rings (SSSR count). The van der Waals surface area contributed by atoms with Gasteiger partial charge in [0, 0.05) is 30.9 Å². The van der Waals surface area contributed by atoms with Crippen LogP contribution in [0, 0.1) is 5.82 Å². The molecule has 3 heterocycles. The number of anilines is 1. The van der Waals surface area contributed by atoms with Gasteiger partial charge in [0.15, 0.2) is 5.13 Å². The first-order chi connectivity index (χ1) is 13.3. The summed E-state index contributed by atoms with van der Waals surface area (Å²) in [7, 11) is -1.83. The topological polar surface area (TPSA) is 82.6 Å². The quantitative estimate of drug-likeness (QED) is 0.813. The Hall–Kier alpha value is -1.88. The van der Waals surface area contributed by atoms with Gasteiger partial charge in [0.2, 0.25) is 15.9 Å². The van der Waals surface area contributed by atoms with Crippen LogP contribution in [0.2, 0.25) is 0 Å². The maximum absolute atomic E-state index is 13.1. The first kappa shape index (κ1) is 19.4. The molecule has 0 spiro atoms. The molecule has 2 aliphatic heterocycles. The fourth-order valence-corrected chi connectivity index (χ4v) is 6.34. The smallest absolute Gasteiger partial charge is 0.244 e. The summed E-state index contributed by atoms with van der Waals surface area (Å²) in [6.45, 7) is 1.99. The van der Waals surface area contributed by atoms with Crippen LogP contribution in [-0.4, -0.2) is 54.7 Å². The van der Waals surface area contributed by atoms with E-state index in [0.717, 1.165) is 42.2 Å². The molecule has 1 aromatic carbocycles. The van der Waals surface area contributed by atoms with Gasteiger partial charge in [-0.15, -0.1) is 11.3 Å². The van der Waals surface area contributed by atoms with E-state index in [4.69, 9.17) is 0 Å². The van der Waals surface area contributed by atoms with Crippen molar-refractivity contribution in [2.75, 3.05) is 25.5 Å². The van der Waals surface area contributed by atoms with Crippen molar-refractivity contribution >= 4 is 32.4 Å². The number of hydrogen-bond donors (Lipinski definition) is 1. The second kappa shape index (κ2) is 7.51. The van der Waals surface area contributed by atoms with Crippen molar-refractivity contribution in [2.45, 2.75) is 36.7 Å². The van der Waals surface area contributed by atoms with Gasteiger partial charge in [0.25, 0.3) is 0 Å². The Morgan fingerprint density at radius 1 is 1.29 bits per heavy atom. The Balaban J connectivity index is 1.52. The van der Waals surface area contributed by atoms with Gasteiger partial charge >= 0.3 is 0 Å².